The van der Waals surface area contributed by atoms with Crippen LogP contribution in [0.4, 0.5) is 17.3 Å². The van der Waals surface area contributed by atoms with Gasteiger partial charge in [-0.3, -0.25) is 0 Å². The lowest BCUT2D eigenvalue weighted by molar-refractivity contribution is 0.0526. The molecule has 0 bridgehead atoms. The average molecular weight is 389 g/mol. The summed E-state index contributed by atoms with van der Waals surface area (Å²) in [5, 5.41) is 3.20. The summed E-state index contributed by atoms with van der Waals surface area (Å²) in [5.41, 5.74) is 9.45. The molecule has 7 nitrogen and oxygen atoms in total. The minimum Gasteiger partial charge on any atom is -0.462 e. The Morgan fingerprint density at radius 2 is 1.86 bits per heavy atom. The summed E-state index contributed by atoms with van der Waals surface area (Å²) >= 11 is 0. The van der Waals surface area contributed by atoms with Gasteiger partial charge in [0.2, 0.25) is 5.95 Å². The minimum atomic E-state index is -0.333. The summed E-state index contributed by atoms with van der Waals surface area (Å²) in [7, 11) is 1.92. The summed E-state index contributed by atoms with van der Waals surface area (Å²) in [5.74, 6) is 0.153. The van der Waals surface area contributed by atoms with Crippen LogP contribution >= 0.6 is 0 Å². The van der Waals surface area contributed by atoms with Crippen LogP contribution in [0.3, 0.4) is 0 Å². The lowest BCUT2D eigenvalue weighted by Crippen LogP contribution is -2.08. The van der Waals surface area contributed by atoms with Gasteiger partial charge in [0, 0.05) is 42.6 Å². The monoisotopic (exact) mass is 389 g/mol. The zero-order valence-corrected chi connectivity index (χ0v) is 16.4. The first-order valence-electron chi connectivity index (χ1n) is 9.19. The number of carbonyl (C=O) groups is 1. The fourth-order valence-electron chi connectivity index (χ4n) is 2.70. The standard InChI is InChI=1S/C22H23N5O2/c1-3-29-21(28)17-6-4-16(5-7-17)20-12-14-24-22(26-20)25-18-8-10-19(11-9-18)27(2)15-13-23/h4-15H,3,23H2,1-2H3,(H,24,25,26)/b15-13-. The second kappa shape index (κ2) is 9.36. The van der Waals surface area contributed by atoms with Gasteiger partial charge in [-0.05, 0) is 49.4 Å². The number of esters is 1. The molecule has 1 aromatic heterocycles. The molecule has 0 aliphatic carbocycles. The summed E-state index contributed by atoms with van der Waals surface area (Å²) < 4.78 is 5.01. The van der Waals surface area contributed by atoms with Crippen LogP contribution < -0.4 is 16.0 Å². The number of hydrogen-bond acceptors (Lipinski definition) is 7. The molecule has 0 unspecified atom stereocenters. The first-order chi connectivity index (χ1) is 14.1. The largest absolute Gasteiger partial charge is 0.462 e. The highest BCUT2D eigenvalue weighted by molar-refractivity contribution is 5.90. The van der Waals surface area contributed by atoms with E-state index in [2.05, 4.69) is 15.3 Å². The van der Waals surface area contributed by atoms with Crippen molar-refractivity contribution >= 4 is 23.3 Å². The van der Waals surface area contributed by atoms with Crippen molar-refractivity contribution in [3.63, 3.8) is 0 Å². The Hall–Kier alpha value is -3.87. The normalized spacial score (nSPS) is 10.7. The highest BCUT2D eigenvalue weighted by Gasteiger charge is 2.08. The average Bonchev–Trinajstić information content (AvgIpc) is 2.75. The number of nitrogens with one attached hydrogen (secondary N) is 1. The fraction of sp³-hybridized carbons (Fsp3) is 0.136. The molecule has 148 valence electrons. The zero-order chi connectivity index (χ0) is 20.6. The number of carbonyl (C=O) groups excluding carboxylic acids is 1. The summed E-state index contributed by atoms with van der Waals surface area (Å²) in [6.07, 6.45) is 4.96. The maximum atomic E-state index is 11.8. The van der Waals surface area contributed by atoms with E-state index in [1.807, 2.05) is 54.4 Å². The summed E-state index contributed by atoms with van der Waals surface area (Å²) in [6.45, 7) is 2.13. The van der Waals surface area contributed by atoms with Crippen molar-refractivity contribution in [1.29, 1.82) is 0 Å². The molecule has 7 heteroatoms. The molecule has 0 aliphatic heterocycles. The van der Waals surface area contributed by atoms with Gasteiger partial charge in [0.05, 0.1) is 17.9 Å². The third-order valence-corrected chi connectivity index (χ3v) is 4.19. The number of rotatable bonds is 7. The van der Waals surface area contributed by atoms with Crippen molar-refractivity contribution in [1.82, 2.24) is 9.97 Å². The molecule has 0 saturated heterocycles. The van der Waals surface area contributed by atoms with Gasteiger partial charge in [-0.1, -0.05) is 12.1 Å². The molecular weight excluding hydrogens is 366 g/mol. The highest BCUT2D eigenvalue weighted by Crippen LogP contribution is 2.22. The Bertz CT molecular complexity index is 985. The maximum Gasteiger partial charge on any atom is 0.338 e. The quantitative estimate of drug-likeness (QED) is 0.591. The van der Waals surface area contributed by atoms with E-state index >= 15 is 0 Å². The van der Waals surface area contributed by atoms with E-state index in [1.165, 1.54) is 6.20 Å². The molecule has 2 aromatic carbocycles. The fourth-order valence-corrected chi connectivity index (χ4v) is 2.70. The van der Waals surface area contributed by atoms with Crippen molar-refractivity contribution < 1.29 is 9.53 Å². The first kappa shape index (κ1) is 19.9. The summed E-state index contributed by atoms with van der Waals surface area (Å²) in [6, 6.07) is 16.8. The van der Waals surface area contributed by atoms with Crippen LogP contribution in [0.2, 0.25) is 0 Å². The number of nitrogens with two attached hydrogens (primary N) is 1. The van der Waals surface area contributed by atoms with Crippen molar-refractivity contribution in [2.24, 2.45) is 5.73 Å². The third kappa shape index (κ3) is 5.10. The minimum absolute atomic E-state index is 0.333. The van der Waals surface area contributed by atoms with Crippen LogP contribution in [0.25, 0.3) is 11.3 Å². The van der Waals surface area contributed by atoms with E-state index in [-0.39, 0.29) is 5.97 Å². The Balaban J connectivity index is 1.73. The summed E-state index contributed by atoms with van der Waals surface area (Å²) in [4.78, 5) is 22.5. The number of nitrogens with zero attached hydrogens (tertiary/aromatic N) is 3. The van der Waals surface area contributed by atoms with Crippen LogP contribution in [0.5, 0.6) is 0 Å². The Labute approximate surface area is 169 Å². The number of ether oxygens (including phenoxy) is 1. The van der Waals surface area contributed by atoms with Gasteiger partial charge in [-0.25, -0.2) is 14.8 Å². The van der Waals surface area contributed by atoms with Crippen LogP contribution in [-0.2, 0) is 4.74 Å². The topological polar surface area (TPSA) is 93.4 Å². The molecular formula is C22H23N5O2. The zero-order valence-electron chi connectivity index (χ0n) is 16.4. The van der Waals surface area contributed by atoms with Crippen molar-refractivity contribution in [3.05, 3.63) is 78.8 Å². The molecule has 0 spiro atoms. The molecule has 0 atom stereocenters. The Kier molecular flexibility index (Phi) is 6.42. The van der Waals surface area contributed by atoms with E-state index in [0.717, 1.165) is 22.6 Å². The Morgan fingerprint density at radius 3 is 2.52 bits per heavy atom. The van der Waals surface area contributed by atoms with Crippen molar-refractivity contribution in [3.8, 4) is 11.3 Å². The van der Waals surface area contributed by atoms with Gasteiger partial charge in [0.1, 0.15) is 0 Å². The van der Waals surface area contributed by atoms with Gasteiger partial charge >= 0.3 is 5.97 Å². The Morgan fingerprint density at radius 1 is 1.14 bits per heavy atom. The van der Waals surface area contributed by atoms with Crippen LogP contribution in [0.15, 0.2) is 73.2 Å². The van der Waals surface area contributed by atoms with E-state index < -0.39 is 0 Å². The van der Waals surface area contributed by atoms with Gasteiger partial charge in [-0.2, -0.15) is 0 Å². The van der Waals surface area contributed by atoms with E-state index in [0.29, 0.717) is 18.1 Å². The predicted octanol–water partition coefficient (Wildman–Crippen LogP) is 3.93. The second-order valence-corrected chi connectivity index (χ2v) is 6.19. The van der Waals surface area contributed by atoms with E-state index in [9.17, 15) is 4.79 Å². The smallest absolute Gasteiger partial charge is 0.338 e. The molecule has 0 fully saturated rings. The molecule has 29 heavy (non-hydrogen) atoms. The molecule has 0 aliphatic rings. The molecule has 0 saturated carbocycles. The number of aromatic nitrogens is 2. The van der Waals surface area contributed by atoms with Crippen LogP contribution in [0.1, 0.15) is 17.3 Å². The third-order valence-electron chi connectivity index (χ3n) is 4.19. The molecule has 0 radical (unpaired) electrons. The number of hydrogen-bond donors (Lipinski definition) is 2. The van der Waals surface area contributed by atoms with Gasteiger partial charge < -0.3 is 20.7 Å². The highest BCUT2D eigenvalue weighted by atomic mass is 16.5. The predicted molar refractivity (Wildman–Crippen MR) is 115 cm³/mol. The van der Waals surface area contributed by atoms with Gasteiger partial charge in [-0.15, -0.1) is 0 Å². The molecule has 3 aromatic rings. The molecule has 3 rings (SSSR count). The van der Waals surface area contributed by atoms with E-state index in [1.54, 1.807) is 31.5 Å². The van der Waals surface area contributed by atoms with Crippen molar-refractivity contribution in [2.75, 3.05) is 23.9 Å². The van der Waals surface area contributed by atoms with Gasteiger partial charge in [0.25, 0.3) is 0 Å². The molecule has 0 amide bonds. The lowest BCUT2D eigenvalue weighted by Gasteiger charge is -2.14. The number of benzene rings is 2. The van der Waals surface area contributed by atoms with Crippen LogP contribution in [0, 0.1) is 0 Å². The van der Waals surface area contributed by atoms with Crippen molar-refractivity contribution in [2.45, 2.75) is 6.92 Å². The van der Waals surface area contributed by atoms with Crippen LogP contribution in [-0.4, -0.2) is 29.6 Å². The lowest BCUT2D eigenvalue weighted by atomic mass is 10.1. The van der Waals surface area contributed by atoms with E-state index in [4.69, 9.17) is 10.5 Å². The van der Waals surface area contributed by atoms with Gasteiger partial charge in [0.15, 0.2) is 0 Å². The molecule has 3 N–H and O–H groups in total. The second-order valence-electron chi connectivity index (χ2n) is 6.19. The molecule has 1 heterocycles. The first-order valence-corrected chi connectivity index (χ1v) is 9.19. The maximum absolute atomic E-state index is 11.8. The SMILES string of the molecule is CCOC(=O)c1ccc(-c2ccnc(Nc3ccc(N(C)/C=C\N)cc3)n2)cc1. The number of anilines is 3.